The Morgan fingerprint density at radius 2 is 1.68 bits per heavy atom. The summed E-state index contributed by atoms with van der Waals surface area (Å²) in [6.45, 7) is 0.870. The number of ether oxygens (including phenoxy) is 1. The third kappa shape index (κ3) is 4.18. The Labute approximate surface area is 225 Å². The summed E-state index contributed by atoms with van der Waals surface area (Å²) in [4.78, 5) is 13.9. The Bertz CT molecular complexity index is 1620. The van der Waals surface area contributed by atoms with Crippen LogP contribution in [0, 0.1) is 0 Å². The molecule has 0 saturated carbocycles. The highest BCUT2D eigenvalue weighted by Crippen LogP contribution is 2.41. The van der Waals surface area contributed by atoms with E-state index in [1.165, 1.54) is 0 Å². The monoisotopic (exact) mass is 529 g/mol. The average Bonchev–Trinajstić information content (AvgIpc) is 3.34. The third-order valence-corrected chi connectivity index (χ3v) is 7.71. The standard InChI is InChI=1S/C30H25Cl2N3O2/c1-37-22-13-10-19(11-14-22)26-18-35-28(29(36)33-21-7-3-2-4-8-21)27(20-12-15-24(31)25(32)17-20)23-9-5-6-16-34(26)30(23)35/h2-4,7-8,10-15,17-18H,5-6,9,16H2,1H3,(H,33,36). The molecule has 37 heavy (non-hydrogen) atoms. The molecule has 0 spiro atoms. The molecule has 3 aromatic carbocycles. The summed E-state index contributed by atoms with van der Waals surface area (Å²) < 4.78 is 9.75. The molecule has 1 aliphatic heterocycles. The smallest absolute Gasteiger partial charge is 0.273 e. The van der Waals surface area contributed by atoms with Crippen molar-refractivity contribution in [2.24, 2.45) is 0 Å². The predicted molar refractivity (Wildman–Crippen MR) is 150 cm³/mol. The molecule has 6 rings (SSSR count). The van der Waals surface area contributed by atoms with E-state index in [4.69, 9.17) is 27.9 Å². The third-order valence-electron chi connectivity index (χ3n) is 6.97. The number of halogens is 2. The van der Waals surface area contributed by atoms with Gasteiger partial charge in [0.05, 0.1) is 22.8 Å². The molecule has 1 N–H and O–H groups in total. The van der Waals surface area contributed by atoms with Crippen LogP contribution in [0.25, 0.3) is 28.0 Å². The summed E-state index contributed by atoms with van der Waals surface area (Å²) in [5.41, 5.74) is 7.44. The first-order valence-corrected chi connectivity index (χ1v) is 13.0. The Kier molecular flexibility index (Phi) is 6.19. The van der Waals surface area contributed by atoms with Gasteiger partial charge in [-0.2, -0.15) is 0 Å². The van der Waals surface area contributed by atoms with Crippen molar-refractivity contribution < 1.29 is 9.53 Å². The van der Waals surface area contributed by atoms with E-state index in [1.54, 1.807) is 13.2 Å². The molecular formula is C30H25Cl2N3O2. The van der Waals surface area contributed by atoms with Crippen LogP contribution in [0.2, 0.25) is 10.0 Å². The number of rotatable bonds is 5. The molecule has 0 radical (unpaired) electrons. The number of aryl methyl sites for hydroxylation is 2. The van der Waals surface area contributed by atoms with E-state index in [9.17, 15) is 4.79 Å². The number of nitrogens with zero attached hydrogens (tertiary/aromatic N) is 2. The molecule has 3 heterocycles. The van der Waals surface area contributed by atoms with E-state index in [2.05, 4.69) is 32.6 Å². The minimum atomic E-state index is -0.174. The summed E-state index contributed by atoms with van der Waals surface area (Å²) in [7, 11) is 1.67. The molecule has 2 aromatic heterocycles. The number of aromatic nitrogens is 2. The van der Waals surface area contributed by atoms with Gasteiger partial charge in [-0.15, -0.1) is 0 Å². The largest absolute Gasteiger partial charge is 0.497 e. The van der Waals surface area contributed by atoms with Gasteiger partial charge in [0.2, 0.25) is 0 Å². The van der Waals surface area contributed by atoms with Gasteiger partial charge in [-0.05, 0) is 78.9 Å². The molecule has 0 atom stereocenters. The fourth-order valence-electron chi connectivity index (χ4n) is 5.28. The Hall–Kier alpha value is -3.67. The van der Waals surface area contributed by atoms with Crippen LogP contribution in [-0.4, -0.2) is 22.0 Å². The second-order valence-electron chi connectivity index (χ2n) is 9.20. The summed E-state index contributed by atoms with van der Waals surface area (Å²) in [5, 5.41) is 4.05. The summed E-state index contributed by atoms with van der Waals surface area (Å²) in [6.07, 6.45) is 5.02. The number of anilines is 1. The number of imidazole rings is 1. The lowest BCUT2D eigenvalue weighted by molar-refractivity contribution is 0.102. The topological polar surface area (TPSA) is 47.7 Å². The van der Waals surface area contributed by atoms with E-state index >= 15 is 0 Å². The lowest BCUT2D eigenvalue weighted by atomic mass is 9.97. The number of carbonyl (C=O) groups is 1. The maximum absolute atomic E-state index is 13.9. The zero-order chi connectivity index (χ0) is 25.5. The van der Waals surface area contributed by atoms with Crippen LogP contribution in [0.15, 0.2) is 79.0 Å². The molecule has 186 valence electrons. The number of nitrogens with one attached hydrogen (secondary N) is 1. The predicted octanol–water partition coefficient (Wildman–Crippen LogP) is 7.98. The van der Waals surface area contributed by atoms with E-state index in [0.29, 0.717) is 15.7 Å². The number of carbonyl (C=O) groups excluding carboxylic acids is 1. The van der Waals surface area contributed by atoms with Crippen LogP contribution in [0.5, 0.6) is 5.75 Å². The second kappa shape index (κ2) is 9.66. The Balaban J connectivity index is 1.61. The van der Waals surface area contributed by atoms with Gasteiger partial charge in [-0.3, -0.25) is 9.20 Å². The van der Waals surface area contributed by atoms with Crippen molar-refractivity contribution in [1.29, 1.82) is 0 Å². The van der Waals surface area contributed by atoms with E-state index in [-0.39, 0.29) is 5.91 Å². The van der Waals surface area contributed by atoms with Crippen molar-refractivity contribution in [2.45, 2.75) is 25.8 Å². The molecule has 5 aromatic rings. The van der Waals surface area contributed by atoms with Crippen LogP contribution >= 0.6 is 23.2 Å². The number of hydrogen-bond acceptors (Lipinski definition) is 2. The van der Waals surface area contributed by atoms with Crippen molar-refractivity contribution in [3.05, 3.63) is 100 Å². The van der Waals surface area contributed by atoms with Gasteiger partial charge in [-0.25, -0.2) is 0 Å². The number of methoxy groups -OCH3 is 1. The van der Waals surface area contributed by atoms with E-state index in [1.807, 2.05) is 54.6 Å². The van der Waals surface area contributed by atoms with Crippen LogP contribution in [0.4, 0.5) is 5.69 Å². The van der Waals surface area contributed by atoms with Crippen molar-refractivity contribution in [2.75, 3.05) is 12.4 Å². The number of benzene rings is 3. The SMILES string of the molecule is COc1ccc(-c2cn3c(C(=O)Nc4ccccc4)c(-c4ccc(Cl)c(Cl)c4)c4c3n2CCCC4)cc1. The van der Waals surface area contributed by atoms with Gasteiger partial charge in [0, 0.05) is 29.6 Å². The maximum Gasteiger partial charge on any atom is 0.273 e. The average molecular weight is 530 g/mol. The second-order valence-corrected chi connectivity index (χ2v) is 10.0. The van der Waals surface area contributed by atoms with E-state index < -0.39 is 0 Å². The van der Waals surface area contributed by atoms with Crippen molar-refractivity contribution in [1.82, 2.24) is 8.97 Å². The van der Waals surface area contributed by atoms with Crippen molar-refractivity contribution >= 4 is 40.4 Å². The van der Waals surface area contributed by atoms with E-state index in [0.717, 1.165) is 70.8 Å². The van der Waals surface area contributed by atoms with Crippen LogP contribution in [0.1, 0.15) is 28.9 Å². The number of para-hydroxylation sites is 1. The molecule has 0 fully saturated rings. The number of hydrogen-bond donors (Lipinski definition) is 1. The summed E-state index contributed by atoms with van der Waals surface area (Å²) in [6, 6.07) is 23.2. The summed E-state index contributed by atoms with van der Waals surface area (Å²) >= 11 is 12.7. The van der Waals surface area contributed by atoms with Crippen molar-refractivity contribution in [3.63, 3.8) is 0 Å². The van der Waals surface area contributed by atoms with Gasteiger partial charge < -0.3 is 14.6 Å². The first-order valence-electron chi connectivity index (χ1n) is 12.3. The molecule has 5 nitrogen and oxygen atoms in total. The molecule has 0 unspecified atom stereocenters. The lowest BCUT2D eigenvalue weighted by Gasteiger charge is -2.11. The van der Waals surface area contributed by atoms with Gasteiger partial charge in [-0.1, -0.05) is 47.5 Å². The van der Waals surface area contributed by atoms with Gasteiger partial charge >= 0.3 is 0 Å². The lowest BCUT2D eigenvalue weighted by Crippen LogP contribution is -2.15. The molecule has 7 heteroatoms. The van der Waals surface area contributed by atoms with Crippen molar-refractivity contribution in [3.8, 4) is 28.1 Å². The fourth-order valence-corrected chi connectivity index (χ4v) is 5.57. The van der Waals surface area contributed by atoms with Crippen LogP contribution < -0.4 is 10.1 Å². The molecule has 0 aliphatic carbocycles. The van der Waals surface area contributed by atoms with Gasteiger partial charge in [0.25, 0.3) is 5.91 Å². The summed E-state index contributed by atoms with van der Waals surface area (Å²) in [5.74, 6) is 0.635. The van der Waals surface area contributed by atoms with Gasteiger partial charge in [0.15, 0.2) is 0 Å². The zero-order valence-electron chi connectivity index (χ0n) is 20.3. The highest BCUT2D eigenvalue weighted by Gasteiger charge is 2.30. The molecular weight excluding hydrogens is 505 g/mol. The first-order chi connectivity index (χ1) is 18.0. The highest BCUT2D eigenvalue weighted by atomic mass is 35.5. The first kappa shape index (κ1) is 23.7. The number of amides is 1. The molecule has 1 amide bonds. The Morgan fingerprint density at radius 3 is 2.41 bits per heavy atom. The molecule has 0 bridgehead atoms. The van der Waals surface area contributed by atoms with Gasteiger partial charge in [0.1, 0.15) is 17.1 Å². The normalized spacial score (nSPS) is 12.9. The fraction of sp³-hybridized carbons (Fsp3) is 0.167. The van der Waals surface area contributed by atoms with Crippen LogP contribution in [0.3, 0.4) is 0 Å². The minimum absolute atomic E-state index is 0.174. The Morgan fingerprint density at radius 1 is 0.919 bits per heavy atom. The molecule has 1 aliphatic rings. The maximum atomic E-state index is 13.9. The van der Waals surface area contributed by atoms with Crippen LogP contribution in [-0.2, 0) is 13.0 Å². The zero-order valence-corrected chi connectivity index (χ0v) is 21.8. The highest BCUT2D eigenvalue weighted by molar-refractivity contribution is 6.42. The molecule has 0 saturated heterocycles. The minimum Gasteiger partial charge on any atom is -0.497 e. The quantitative estimate of drug-likeness (QED) is 0.251.